The molecule has 0 radical (unpaired) electrons. The smallest absolute Gasteiger partial charge is 0.187 e. The first-order chi connectivity index (χ1) is 8.24. The quantitative estimate of drug-likeness (QED) is 0.363. The van der Waals surface area contributed by atoms with Crippen molar-refractivity contribution < 1.29 is 0 Å². The molecule has 0 bridgehead atoms. The Morgan fingerprint density at radius 3 is 2.82 bits per heavy atom. The van der Waals surface area contributed by atoms with Crippen molar-refractivity contribution in [2.45, 2.75) is 12.8 Å². The Hall–Kier alpha value is -1.68. The average Bonchev–Trinajstić information content (AvgIpc) is 2.37. The highest BCUT2D eigenvalue weighted by Crippen LogP contribution is 2.11. The molecule has 0 unspecified atom stereocenters. The molecule has 1 aromatic rings. The molecule has 1 aromatic carbocycles. The van der Waals surface area contributed by atoms with E-state index in [1.165, 1.54) is 5.56 Å². The van der Waals surface area contributed by atoms with E-state index in [1.807, 2.05) is 24.4 Å². The highest BCUT2D eigenvalue weighted by molar-refractivity contribution is 7.80. The van der Waals surface area contributed by atoms with Crippen molar-refractivity contribution in [1.29, 1.82) is 0 Å². The van der Waals surface area contributed by atoms with E-state index in [0.29, 0.717) is 11.7 Å². The van der Waals surface area contributed by atoms with Gasteiger partial charge in [0, 0.05) is 18.7 Å². The van der Waals surface area contributed by atoms with Gasteiger partial charge in [-0.2, -0.15) is 5.10 Å². The molecule has 90 valence electrons. The molecular weight excluding hydrogens is 230 g/mol. The van der Waals surface area contributed by atoms with Gasteiger partial charge in [-0.3, -0.25) is 5.43 Å². The third-order valence-corrected chi connectivity index (χ3v) is 2.43. The summed E-state index contributed by atoms with van der Waals surface area (Å²) < 4.78 is 0. The van der Waals surface area contributed by atoms with Crippen LogP contribution in [0.1, 0.15) is 18.4 Å². The Bertz CT molecular complexity index is 387. The fraction of sp³-hybridized carbons (Fsp3) is 0.231. The summed E-state index contributed by atoms with van der Waals surface area (Å²) in [5.41, 5.74) is 3.99. The summed E-state index contributed by atoms with van der Waals surface area (Å²) in [6.45, 7) is 6.31. The Morgan fingerprint density at radius 2 is 2.18 bits per heavy atom. The molecule has 1 atom stereocenters. The minimum absolute atomic E-state index is 0.255. The van der Waals surface area contributed by atoms with Crippen LogP contribution in [-0.2, 0) is 0 Å². The number of rotatable bonds is 5. The molecule has 0 saturated heterocycles. The molecule has 0 aliphatic carbocycles. The van der Waals surface area contributed by atoms with Gasteiger partial charge in [-0.1, -0.05) is 43.3 Å². The maximum Gasteiger partial charge on any atom is 0.187 e. The summed E-state index contributed by atoms with van der Waals surface area (Å²) >= 11 is 5.00. The van der Waals surface area contributed by atoms with Crippen molar-refractivity contribution >= 4 is 23.5 Å². The highest BCUT2D eigenvalue weighted by atomic mass is 32.1. The molecule has 0 aromatic heterocycles. The standard InChI is InChI=1S/C13H17N3S/c1-3-9-14-13(17)16-15-10-11(2)12-7-5-4-6-8-12/h3-8,10-11H,1,9H2,2H3,(H2,14,16,17)/b15-10+/t11-/m1/s1. The minimum Gasteiger partial charge on any atom is -0.358 e. The van der Waals surface area contributed by atoms with Crippen LogP contribution in [0.3, 0.4) is 0 Å². The first kappa shape index (κ1) is 13.4. The lowest BCUT2D eigenvalue weighted by Crippen LogP contribution is -2.32. The van der Waals surface area contributed by atoms with Crippen LogP contribution in [0.15, 0.2) is 48.1 Å². The predicted octanol–water partition coefficient (Wildman–Crippen LogP) is 2.43. The van der Waals surface area contributed by atoms with Gasteiger partial charge >= 0.3 is 0 Å². The second-order valence-electron chi connectivity index (χ2n) is 3.59. The molecule has 2 N–H and O–H groups in total. The molecule has 0 amide bonds. The third-order valence-electron chi connectivity index (χ3n) is 2.20. The van der Waals surface area contributed by atoms with Gasteiger partial charge in [-0.25, -0.2) is 0 Å². The van der Waals surface area contributed by atoms with E-state index in [-0.39, 0.29) is 5.92 Å². The summed E-state index contributed by atoms with van der Waals surface area (Å²) in [6, 6.07) is 10.2. The third kappa shape index (κ3) is 5.26. The van der Waals surface area contributed by atoms with Gasteiger partial charge in [0.05, 0.1) is 0 Å². The average molecular weight is 247 g/mol. The van der Waals surface area contributed by atoms with Crippen LogP contribution in [0.5, 0.6) is 0 Å². The zero-order valence-electron chi connectivity index (χ0n) is 9.89. The van der Waals surface area contributed by atoms with Gasteiger partial charge in [0.1, 0.15) is 0 Å². The molecular formula is C13H17N3S. The zero-order chi connectivity index (χ0) is 12.5. The van der Waals surface area contributed by atoms with Crippen molar-refractivity contribution in [1.82, 2.24) is 10.7 Å². The normalized spacial score (nSPS) is 12.1. The number of nitrogens with zero attached hydrogens (tertiary/aromatic N) is 1. The fourth-order valence-electron chi connectivity index (χ4n) is 1.25. The minimum atomic E-state index is 0.255. The summed E-state index contributed by atoms with van der Waals surface area (Å²) in [5, 5.41) is 7.52. The maximum atomic E-state index is 5.00. The SMILES string of the molecule is C=CCNC(=S)N/N=C/[C@@H](C)c1ccccc1. The van der Waals surface area contributed by atoms with Crippen molar-refractivity contribution in [2.75, 3.05) is 6.54 Å². The van der Waals surface area contributed by atoms with Crippen molar-refractivity contribution in [3.05, 3.63) is 48.6 Å². The number of hydrogen-bond acceptors (Lipinski definition) is 2. The van der Waals surface area contributed by atoms with Gasteiger partial charge in [0.2, 0.25) is 0 Å². The van der Waals surface area contributed by atoms with Crippen LogP contribution in [0.25, 0.3) is 0 Å². The van der Waals surface area contributed by atoms with E-state index >= 15 is 0 Å². The van der Waals surface area contributed by atoms with Crippen molar-refractivity contribution in [2.24, 2.45) is 5.10 Å². The van der Waals surface area contributed by atoms with Crippen LogP contribution >= 0.6 is 12.2 Å². The first-order valence-corrected chi connectivity index (χ1v) is 5.87. The summed E-state index contributed by atoms with van der Waals surface area (Å²) in [5.74, 6) is 0.255. The Kier molecular flexibility index (Phi) is 5.96. The summed E-state index contributed by atoms with van der Waals surface area (Å²) in [4.78, 5) is 0. The molecule has 3 nitrogen and oxygen atoms in total. The monoisotopic (exact) mass is 247 g/mol. The second-order valence-corrected chi connectivity index (χ2v) is 4.00. The number of hydrazone groups is 1. The van der Waals surface area contributed by atoms with E-state index in [2.05, 4.69) is 41.5 Å². The van der Waals surface area contributed by atoms with Gasteiger partial charge in [-0.05, 0) is 17.8 Å². The maximum absolute atomic E-state index is 5.00. The number of benzene rings is 1. The number of thiocarbonyl (C=S) groups is 1. The van der Waals surface area contributed by atoms with Crippen LogP contribution in [0.2, 0.25) is 0 Å². The molecule has 4 heteroatoms. The largest absolute Gasteiger partial charge is 0.358 e. The Balaban J connectivity index is 2.38. The summed E-state index contributed by atoms with van der Waals surface area (Å²) in [7, 11) is 0. The zero-order valence-corrected chi connectivity index (χ0v) is 10.7. The molecule has 17 heavy (non-hydrogen) atoms. The topological polar surface area (TPSA) is 36.4 Å². The molecule has 0 heterocycles. The first-order valence-electron chi connectivity index (χ1n) is 5.47. The lowest BCUT2D eigenvalue weighted by Gasteiger charge is -2.06. The van der Waals surface area contributed by atoms with Gasteiger partial charge in [0.25, 0.3) is 0 Å². The van der Waals surface area contributed by atoms with Crippen LogP contribution in [0.4, 0.5) is 0 Å². The summed E-state index contributed by atoms with van der Waals surface area (Å²) in [6.07, 6.45) is 3.57. The second kappa shape index (κ2) is 7.57. The number of nitrogens with one attached hydrogen (secondary N) is 2. The van der Waals surface area contributed by atoms with E-state index in [0.717, 1.165) is 0 Å². The molecule has 0 aliphatic heterocycles. The van der Waals surface area contributed by atoms with Crippen molar-refractivity contribution in [3.63, 3.8) is 0 Å². The Morgan fingerprint density at radius 1 is 1.47 bits per heavy atom. The highest BCUT2D eigenvalue weighted by Gasteiger charge is 2.00. The predicted molar refractivity (Wildman–Crippen MR) is 77.3 cm³/mol. The molecule has 0 saturated carbocycles. The van der Waals surface area contributed by atoms with E-state index in [9.17, 15) is 0 Å². The lowest BCUT2D eigenvalue weighted by atomic mass is 10.0. The van der Waals surface area contributed by atoms with E-state index < -0.39 is 0 Å². The van der Waals surface area contributed by atoms with Crippen LogP contribution < -0.4 is 10.7 Å². The van der Waals surface area contributed by atoms with Gasteiger partial charge in [-0.15, -0.1) is 6.58 Å². The fourth-order valence-corrected chi connectivity index (χ4v) is 1.39. The molecule has 1 rings (SSSR count). The van der Waals surface area contributed by atoms with Crippen molar-refractivity contribution in [3.8, 4) is 0 Å². The number of hydrogen-bond donors (Lipinski definition) is 2. The van der Waals surface area contributed by atoms with E-state index in [1.54, 1.807) is 6.08 Å². The molecule has 0 spiro atoms. The molecule has 0 aliphatic rings. The molecule has 0 fully saturated rings. The lowest BCUT2D eigenvalue weighted by molar-refractivity contribution is 0.924. The van der Waals surface area contributed by atoms with Gasteiger partial charge < -0.3 is 5.32 Å². The van der Waals surface area contributed by atoms with Crippen LogP contribution in [-0.4, -0.2) is 17.9 Å². The van der Waals surface area contributed by atoms with Gasteiger partial charge in [0.15, 0.2) is 5.11 Å². The van der Waals surface area contributed by atoms with Crippen LogP contribution in [0, 0.1) is 0 Å². The Labute approximate surface area is 108 Å². The van der Waals surface area contributed by atoms with E-state index in [4.69, 9.17) is 12.2 Å².